The quantitative estimate of drug-likeness (QED) is 0.332. The Morgan fingerprint density at radius 3 is 2.96 bits per heavy atom. The van der Waals surface area contributed by atoms with Crippen molar-refractivity contribution in [2.24, 2.45) is 10.9 Å². The van der Waals surface area contributed by atoms with Gasteiger partial charge in [-0.15, -0.1) is 0 Å². The third-order valence-electron chi connectivity index (χ3n) is 3.42. The molecule has 0 bridgehead atoms. The van der Waals surface area contributed by atoms with Crippen LogP contribution in [0.5, 0.6) is 6.01 Å². The molecule has 9 heteroatoms. The number of anilines is 2. The Labute approximate surface area is 137 Å². The fraction of sp³-hybridized carbons (Fsp3) is 0.200. The van der Waals surface area contributed by atoms with E-state index in [-0.39, 0.29) is 30.9 Å². The minimum atomic E-state index is -0.169. The number of ether oxygens (including phenoxy) is 1. The largest absolute Gasteiger partial charge is 0.461 e. The molecule has 1 aliphatic rings. The molecule has 9 nitrogen and oxygen atoms in total. The normalized spacial score (nSPS) is 13.5. The Balaban J connectivity index is 1.97. The van der Waals surface area contributed by atoms with Crippen LogP contribution in [0, 0.1) is 0 Å². The number of aliphatic hydroxyl groups is 1. The van der Waals surface area contributed by atoms with Crippen molar-refractivity contribution in [3.63, 3.8) is 0 Å². The number of nitrogens with zero attached hydrogens (tertiary/aromatic N) is 3. The van der Waals surface area contributed by atoms with E-state index >= 15 is 0 Å². The lowest BCUT2D eigenvalue weighted by Crippen LogP contribution is -2.13. The molecule has 0 spiro atoms. The highest BCUT2D eigenvalue weighted by atomic mass is 16.5. The molecule has 1 aromatic heterocycles. The molecule has 24 heavy (non-hydrogen) atoms. The first-order valence-corrected chi connectivity index (χ1v) is 7.20. The van der Waals surface area contributed by atoms with Crippen LogP contribution in [0.4, 0.5) is 11.5 Å². The molecule has 0 fully saturated rings. The molecule has 0 aliphatic carbocycles. The Morgan fingerprint density at radius 1 is 1.38 bits per heavy atom. The van der Waals surface area contributed by atoms with E-state index in [0.717, 1.165) is 11.3 Å². The van der Waals surface area contributed by atoms with E-state index in [9.17, 15) is 4.79 Å². The van der Waals surface area contributed by atoms with Crippen molar-refractivity contribution in [1.29, 1.82) is 0 Å². The summed E-state index contributed by atoms with van der Waals surface area (Å²) in [6.45, 7) is -0.123. The van der Waals surface area contributed by atoms with E-state index in [1.165, 1.54) is 6.07 Å². The van der Waals surface area contributed by atoms with Gasteiger partial charge in [-0.25, -0.2) is 0 Å². The molecule has 0 saturated carbocycles. The highest BCUT2D eigenvalue weighted by molar-refractivity contribution is 6.12. The summed E-state index contributed by atoms with van der Waals surface area (Å²) in [6.07, 6.45) is 0.303. The number of rotatable bonds is 5. The van der Waals surface area contributed by atoms with Gasteiger partial charge in [0.05, 0.1) is 13.0 Å². The van der Waals surface area contributed by atoms with Gasteiger partial charge in [-0.2, -0.15) is 15.1 Å². The number of nitrogens with one attached hydrogen (secondary N) is 1. The maximum absolute atomic E-state index is 11.5. The Morgan fingerprint density at radius 2 is 2.21 bits per heavy atom. The molecule has 0 saturated heterocycles. The molecule has 6 N–H and O–H groups in total. The summed E-state index contributed by atoms with van der Waals surface area (Å²) in [6, 6.07) is 6.94. The Bertz CT molecular complexity index is 821. The van der Waals surface area contributed by atoms with Gasteiger partial charge in [0.15, 0.2) is 0 Å². The molecule has 2 heterocycles. The van der Waals surface area contributed by atoms with Crippen molar-refractivity contribution >= 4 is 23.1 Å². The average Bonchev–Trinajstić information content (AvgIpc) is 2.92. The minimum Gasteiger partial charge on any atom is -0.461 e. The lowest BCUT2D eigenvalue weighted by atomic mass is 10.0. The van der Waals surface area contributed by atoms with Gasteiger partial charge < -0.3 is 26.7 Å². The Kier molecular flexibility index (Phi) is 4.25. The molecular formula is C15H16N6O3. The number of carbonyl (C=O) groups excluding carboxylic acids is 1. The highest BCUT2D eigenvalue weighted by Gasteiger charge is 2.20. The van der Waals surface area contributed by atoms with Crippen LogP contribution in [0.1, 0.15) is 16.8 Å². The first-order chi connectivity index (χ1) is 11.6. The van der Waals surface area contributed by atoms with Gasteiger partial charge >= 0.3 is 6.01 Å². The lowest BCUT2D eigenvalue weighted by Gasteiger charge is -2.09. The van der Waals surface area contributed by atoms with Crippen molar-refractivity contribution in [3.05, 3.63) is 41.1 Å². The van der Waals surface area contributed by atoms with E-state index in [2.05, 4.69) is 20.4 Å². The summed E-state index contributed by atoms with van der Waals surface area (Å²) >= 11 is 0. The summed E-state index contributed by atoms with van der Waals surface area (Å²) in [5, 5.41) is 15.4. The molecule has 1 amide bonds. The number of hydrazone groups is 1. The van der Waals surface area contributed by atoms with Crippen LogP contribution in [0.3, 0.4) is 0 Å². The molecule has 0 atom stereocenters. The van der Waals surface area contributed by atoms with Crippen molar-refractivity contribution in [3.8, 4) is 6.01 Å². The first-order valence-electron chi connectivity index (χ1n) is 7.20. The van der Waals surface area contributed by atoms with Crippen molar-refractivity contribution in [1.82, 2.24) is 9.97 Å². The number of hydrogen-bond acceptors (Lipinski definition) is 8. The molecular weight excluding hydrogens is 312 g/mol. The third-order valence-corrected chi connectivity index (χ3v) is 3.42. The highest BCUT2D eigenvalue weighted by Crippen LogP contribution is 2.25. The standard InChI is InChI=1S/C15H16N6O3/c16-12-7-11(19-15(20-12)24-4-3-22)14(21-17)8-1-2-10-9(5-8)6-13(23)18-10/h1-2,5,7,22H,3-4,6,17H2,(H,18,23)(H2,16,19,20)/b21-14+. The predicted octanol–water partition coefficient (Wildman–Crippen LogP) is -0.364. The smallest absolute Gasteiger partial charge is 0.319 e. The maximum atomic E-state index is 11.5. The molecule has 1 aromatic carbocycles. The fourth-order valence-electron chi connectivity index (χ4n) is 2.43. The van der Waals surface area contributed by atoms with Crippen LogP contribution < -0.4 is 21.6 Å². The van der Waals surface area contributed by atoms with Crippen LogP contribution >= 0.6 is 0 Å². The fourth-order valence-corrected chi connectivity index (χ4v) is 2.43. The van der Waals surface area contributed by atoms with Crippen LogP contribution in [0.2, 0.25) is 0 Å². The maximum Gasteiger partial charge on any atom is 0.319 e. The van der Waals surface area contributed by atoms with E-state index < -0.39 is 0 Å². The van der Waals surface area contributed by atoms with Gasteiger partial charge in [-0.3, -0.25) is 4.79 Å². The van der Waals surface area contributed by atoms with Gasteiger partial charge in [-0.05, 0) is 17.7 Å². The second-order valence-corrected chi connectivity index (χ2v) is 5.11. The van der Waals surface area contributed by atoms with E-state index in [0.29, 0.717) is 23.4 Å². The van der Waals surface area contributed by atoms with E-state index in [1.54, 1.807) is 12.1 Å². The number of hydrogen-bond donors (Lipinski definition) is 4. The molecule has 0 radical (unpaired) electrons. The Hall–Kier alpha value is -3.20. The van der Waals surface area contributed by atoms with Crippen LogP contribution in [0.15, 0.2) is 29.4 Å². The number of carbonyl (C=O) groups is 1. The number of nitrogen functional groups attached to an aromatic ring is 1. The van der Waals surface area contributed by atoms with Crippen molar-refractivity contribution in [2.75, 3.05) is 24.3 Å². The summed E-state index contributed by atoms with van der Waals surface area (Å²) < 4.78 is 5.19. The lowest BCUT2D eigenvalue weighted by molar-refractivity contribution is -0.115. The predicted molar refractivity (Wildman–Crippen MR) is 87.6 cm³/mol. The molecule has 0 unspecified atom stereocenters. The molecule has 2 aromatic rings. The van der Waals surface area contributed by atoms with Gasteiger partial charge in [0.1, 0.15) is 23.8 Å². The molecule has 1 aliphatic heterocycles. The first kappa shape index (κ1) is 15.7. The SMILES string of the molecule is N/N=C(\c1ccc2c(c1)CC(=O)N2)c1cc(N)nc(OCCO)n1. The van der Waals surface area contributed by atoms with E-state index in [1.807, 2.05) is 6.07 Å². The van der Waals surface area contributed by atoms with Crippen molar-refractivity contribution < 1.29 is 14.6 Å². The summed E-state index contributed by atoms with van der Waals surface area (Å²) in [4.78, 5) is 19.6. The zero-order valence-electron chi connectivity index (χ0n) is 12.7. The van der Waals surface area contributed by atoms with Crippen LogP contribution in [0.25, 0.3) is 0 Å². The monoisotopic (exact) mass is 328 g/mol. The number of aliphatic hydroxyl groups excluding tert-OH is 1. The van der Waals surface area contributed by atoms with Gasteiger partial charge in [0.25, 0.3) is 0 Å². The molecule has 3 rings (SSSR count). The van der Waals surface area contributed by atoms with Crippen molar-refractivity contribution in [2.45, 2.75) is 6.42 Å². The zero-order valence-corrected chi connectivity index (χ0v) is 12.7. The number of amides is 1. The van der Waals surface area contributed by atoms with E-state index in [4.69, 9.17) is 21.4 Å². The number of fused-ring (bicyclic) bond motifs is 1. The number of benzene rings is 1. The third kappa shape index (κ3) is 3.10. The van der Waals surface area contributed by atoms with Gasteiger partial charge in [-0.1, -0.05) is 6.07 Å². The zero-order chi connectivity index (χ0) is 17.1. The summed E-state index contributed by atoms with van der Waals surface area (Å²) in [5.74, 6) is 5.66. The van der Waals surface area contributed by atoms with Gasteiger partial charge in [0.2, 0.25) is 5.91 Å². The second kappa shape index (κ2) is 6.50. The number of nitrogens with two attached hydrogens (primary N) is 2. The topological polar surface area (TPSA) is 149 Å². The summed E-state index contributed by atoms with van der Waals surface area (Å²) in [5.41, 5.74) is 8.86. The van der Waals surface area contributed by atoms with Crippen LogP contribution in [-0.4, -0.2) is 39.9 Å². The molecule has 124 valence electrons. The summed E-state index contributed by atoms with van der Waals surface area (Å²) in [7, 11) is 0. The number of aromatic nitrogens is 2. The average molecular weight is 328 g/mol. The van der Waals surface area contributed by atoms with Gasteiger partial charge in [0, 0.05) is 17.3 Å². The second-order valence-electron chi connectivity index (χ2n) is 5.11. The minimum absolute atomic E-state index is 0.0261. The van der Waals surface area contributed by atoms with Crippen LogP contribution in [-0.2, 0) is 11.2 Å².